The standard InChI is InChI=1S/C16H30N4/c1-5-19(6-2)11-8-12-20(7-3)16-13-15(14(4)17)9-10-18-16/h9-10,13-14H,5-8,11-12,17H2,1-4H3/t14-/m0/s1. The summed E-state index contributed by atoms with van der Waals surface area (Å²) in [7, 11) is 0. The van der Waals surface area contributed by atoms with Crippen LogP contribution in [0.4, 0.5) is 5.82 Å². The van der Waals surface area contributed by atoms with E-state index in [1.165, 1.54) is 6.42 Å². The summed E-state index contributed by atoms with van der Waals surface area (Å²) < 4.78 is 0. The molecule has 2 N–H and O–H groups in total. The van der Waals surface area contributed by atoms with E-state index in [-0.39, 0.29) is 6.04 Å². The van der Waals surface area contributed by atoms with Crippen LogP contribution in [0.2, 0.25) is 0 Å². The molecule has 4 heteroatoms. The van der Waals surface area contributed by atoms with Gasteiger partial charge in [-0.25, -0.2) is 4.98 Å². The van der Waals surface area contributed by atoms with Crippen LogP contribution in [0, 0.1) is 0 Å². The minimum atomic E-state index is 0.0612. The maximum absolute atomic E-state index is 5.95. The van der Waals surface area contributed by atoms with Gasteiger partial charge < -0.3 is 15.5 Å². The van der Waals surface area contributed by atoms with Gasteiger partial charge in [-0.05, 0) is 57.6 Å². The summed E-state index contributed by atoms with van der Waals surface area (Å²) in [5, 5.41) is 0. The van der Waals surface area contributed by atoms with Gasteiger partial charge in [0, 0.05) is 25.3 Å². The Morgan fingerprint density at radius 1 is 1.15 bits per heavy atom. The Hall–Kier alpha value is -1.13. The minimum absolute atomic E-state index is 0.0612. The van der Waals surface area contributed by atoms with Gasteiger partial charge in [0.25, 0.3) is 0 Å². The molecule has 4 nitrogen and oxygen atoms in total. The summed E-state index contributed by atoms with van der Waals surface area (Å²) in [6, 6.07) is 4.18. The molecule has 0 unspecified atom stereocenters. The van der Waals surface area contributed by atoms with Crippen molar-refractivity contribution in [3.63, 3.8) is 0 Å². The molecule has 0 aliphatic heterocycles. The summed E-state index contributed by atoms with van der Waals surface area (Å²) in [6.45, 7) is 14.0. The van der Waals surface area contributed by atoms with Crippen molar-refractivity contribution in [1.82, 2.24) is 9.88 Å². The van der Waals surface area contributed by atoms with Crippen LogP contribution < -0.4 is 10.6 Å². The highest BCUT2D eigenvalue weighted by Gasteiger charge is 2.08. The Balaban J connectivity index is 2.59. The van der Waals surface area contributed by atoms with Gasteiger partial charge in [-0.15, -0.1) is 0 Å². The molecule has 1 aromatic rings. The van der Waals surface area contributed by atoms with Crippen molar-refractivity contribution >= 4 is 5.82 Å². The molecule has 20 heavy (non-hydrogen) atoms. The van der Waals surface area contributed by atoms with Crippen molar-refractivity contribution < 1.29 is 0 Å². The number of nitrogens with zero attached hydrogens (tertiary/aromatic N) is 3. The van der Waals surface area contributed by atoms with Gasteiger partial charge in [-0.2, -0.15) is 0 Å². The Labute approximate surface area is 124 Å². The maximum atomic E-state index is 5.95. The van der Waals surface area contributed by atoms with Crippen molar-refractivity contribution in [2.24, 2.45) is 5.73 Å². The zero-order valence-corrected chi connectivity index (χ0v) is 13.5. The summed E-state index contributed by atoms with van der Waals surface area (Å²) in [6.07, 6.45) is 3.03. The lowest BCUT2D eigenvalue weighted by Crippen LogP contribution is -2.30. The highest BCUT2D eigenvalue weighted by atomic mass is 15.2. The van der Waals surface area contributed by atoms with Crippen LogP contribution in [0.15, 0.2) is 18.3 Å². The molecule has 0 saturated carbocycles. The first-order valence-corrected chi connectivity index (χ1v) is 7.81. The average Bonchev–Trinajstić information content (AvgIpc) is 2.48. The first-order valence-electron chi connectivity index (χ1n) is 7.81. The van der Waals surface area contributed by atoms with Gasteiger partial charge in [0.1, 0.15) is 5.82 Å². The molecule has 1 atom stereocenters. The molecule has 0 bridgehead atoms. The van der Waals surface area contributed by atoms with E-state index in [0.29, 0.717) is 0 Å². The van der Waals surface area contributed by atoms with Crippen LogP contribution in [0.1, 0.15) is 45.7 Å². The molecule has 0 aliphatic rings. The lowest BCUT2D eigenvalue weighted by molar-refractivity contribution is 0.300. The average molecular weight is 278 g/mol. The number of anilines is 1. The van der Waals surface area contributed by atoms with Crippen LogP contribution >= 0.6 is 0 Å². The molecule has 0 radical (unpaired) electrons. The number of aromatic nitrogens is 1. The summed E-state index contributed by atoms with van der Waals surface area (Å²) >= 11 is 0. The number of hydrogen-bond acceptors (Lipinski definition) is 4. The van der Waals surface area contributed by atoms with Crippen LogP contribution in [0.3, 0.4) is 0 Å². The number of hydrogen-bond donors (Lipinski definition) is 1. The SMILES string of the molecule is CCN(CC)CCCN(CC)c1cc([C@H](C)N)ccn1. The van der Waals surface area contributed by atoms with E-state index in [1.807, 2.05) is 19.2 Å². The Bertz CT molecular complexity index is 374. The summed E-state index contributed by atoms with van der Waals surface area (Å²) in [5.41, 5.74) is 7.10. The number of rotatable bonds is 9. The van der Waals surface area contributed by atoms with Gasteiger partial charge in [0.15, 0.2) is 0 Å². The molecule has 1 rings (SSSR count). The van der Waals surface area contributed by atoms with Gasteiger partial charge >= 0.3 is 0 Å². The molecule has 114 valence electrons. The highest BCUT2D eigenvalue weighted by Crippen LogP contribution is 2.16. The second-order valence-corrected chi connectivity index (χ2v) is 5.20. The fraction of sp³-hybridized carbons (Fsp3) is 0.688. The first-order chi connectivity index (χ1) is 9.62. The predicted octanol–water partition coefficient (Wildman–Crippen LogP) is 2.66. The van der Waals surface area contributed by atoms with Crippen molar-refractivity contribution in [2.75, 3.05) is 37.6 Å². The van der Waals surface area contributed by atoms with E-state index in [4.69, 9.17) is 5.73 Å². The third-order valence-corrected chi connectivity index (χ3v) is 3.80. The fourth-order valence-electron chi connectivity index (χ4n) is 2.35. The summed E-state index contributed by atoms with van der Waals surface area (Å²) in [4.78, 5) is 9.27. The van der Waals surface area contributed by atoms with E-state index in [0.717, 1.165) is 44.1 Å². The molecule has 0 aromatic carbocycles. The van der Waals surface area contributed by atoms with E-state index in [1.54, 1.807) is 0 Å². The Morgan fingerprint density at radius 3 is 2.40 bits per heavy atom. The van der Waals surface area contributed by atoms with E-state index in [2.05, 4.69) is 41.6 Å². The lowest BCUT2D eigenvalue weighted by atomic mass is 10.1. The van der Waals surface area contributed by atoms with Crippen molar-refractivity contribution in [1.29, 1.82) is 0 Å². The van der Waals surface area contributed by atoms with Crippen LogP contribution in [0.5, 0.6) is 0 Å². The molecule has 1 aromatic heterocycles. The van der Waals surface area contributed by atoms with E-state index in [9.17, 15) is 0 Å². The van der Waals surface area contributed by atoms with Crippen LogP contribution in [0.25, 0.3) is 0 Å². The predicted molar refractivity (Wildman–Crippen MR) is 87.1 cm³/mol. The molecule has 0 spiro atoms. The quantitative estimate of drug-likeness (QED) is 0.754. The molecule has 0 saturated heterocycles. The first kappa shape index (κ1) is 16.9. The lowest BCUT2D eigenvalue weighted by Gasteiger charge is -2.25. The smallest absolute Gasteiger partial charge is 0.128 e. The molecule has 1 heterocycles. The Kier molecular flexibility index (Phi) is 7.55. The second kappa shape index (κ2) is 8.93. The third kappa shape index (κ3) is 5.10. The third-order valence-electron chi connectivity index (χ3n) is 3.80. The van der Waals surface area contributed by atoms with Gasteiger partial charge in [0.2, 0.25) is 0 Å². The fourth-order valence-corrected chi connectivity index (χ4v) is 2.35. The monoisotopic (exact) mass is 278 g/mol. The van der Waals surface area contributed by atoms with Gasteiger partial charge in [-0.3, -0.25) is 0 Å². The normalized spacial score (nSPS) is 12.7. The maximum Gasteiger partial charge on any atom is 0.128 e. The molecule has 0 aliphatic carbocycles. The highest BCUT2D eigenvalue weighted by molar-refractivity contribution is 5.41. The largest absolute Gasteiger partial charge is 0.357 e. The van der Waals surface area contributed by atoms with Crippen molar-refractivity contribution in [3.05, 3.63) is 23.9 Å². The zero-order valence-electron chi connectivity index (χ0n) is 13.5. The topological polar surface area (TPSA) is 45.4 Å². The molecular formula is C16H30N4. The Morgan fingerprint density at radius 2 is 1.85 bits per heavy atom. The number of nitrogens with two attached hydrogens (primary N) is 1. The van der Waals surface area contributed by atoms with Crippen molar-refractivity contribution in [2.45, 2.75) is 40.2 Å². The van der Waals surface area contributed by atoms with Gasteiger partial charge in [-0.1, -0.05) is 13.8 Å². The van der Waals surface area contributed by atoms with E-state index >= 15 is 0 Å². The molecular weight excluding hydrogens is 248 g/mol. The minimum Gasteiger partial charge on any atom is -0.357 e. The summed E-state index contributed by atoms with van der Waals surface area (Å²) in [5.74, 6) is 1.04. The second-order valence-electron chi connectivity index (χ2n) is 5.20. The van der Waals surface area contributed by atoms with Crippen molar-refractivity contribution in [3.8, 4) is 0 Å². The number of pyridine rings is 1. The van der Waals surface area contributed by atoms with Gasteiger partial charge in [0.05, 0.1) is 0 Å². The zero-order chi connectivity index (χ0) is 15.0. The van der Waals surface area contributed by atoms with Crippen LogP contribution in [-0.2, 0) is 0 Å². The van der Waals surface area contributed by atoms with E-state index < -0.39 is 0 Å². The van der Waals surface area contributed by atoms with Crippen LogP contribution in [-0.4, -0.2) is 42.6 Å². The molecule has 0 amide bonds. The molecule has 0 fully saturated rings.